The molecule has 0 heterocycles. The summed E-state index contributed by atoms with van der Waals surface area (Å²) in [5, 5.41) is 0. The highest BCUT2D eigenvalue weighted by Gasteiger charge is 2.49. The SMILES string of the molecule is CCCCCCCCCCCCCCCCCCOC(=O)CC(CC(=O)OCCCCCCCCCCCCCCCCCC)(OC(=O)CCC)C(=O)OCCCCCCCCCCCCCCCCCC. The van der Waals surface area contributed by atoms with Crippen LogP contribution in [0.3, 0.4) is 0 Å². The predicted molar refractivity (Wildman–Crippen MR) is 304 cm³/mol. The lowest BCUT2D eigenvalue weighted by Gasteiger charge is -2.30. The summed E-state index contributed by atoms with van der Waals surface area (Å²) >= 11 is 0. The van der Waals surface area contributed by atoms with Crippen molar-refractivity contribution in [3.05, 3.63) is 0 Å². The van der Waals surface area contributed by atoms with Gasteiger partial charge in [-0.3, -0.25) is 14.4 Å². The standard InChI is InChI=1S/C64H122O8/c1-5-9-12-15-18-21-24-27-30-33-36-39-42-45-48-51-55-69-61(66)58-64(72-60(65)54-8-4,63(68)71-57-53-50-47-44-41-38-35-32-29-26-23-20-17-14-11-7-3)59-62(67)70-56-52-49-46-43-40-37-34-31-28-25-22-19-16-13-10-6-2/h5-59H2,1-4H3. The summed E-state index contributed by atoms with van der Waals surface area (Å²) in [5.74, 6) is -2.87. The molecular formula is C64H122O8. The van der Waals surface area contributed by atoms with E-state index in [-0.39, 0.29) is 26.2 Å². The van der Waals surface area contributed by atoms with E-state index in [0.29, 0.717) is 12.8 Å². The van der Waals surface area contributed by atoms with Crippen LogP contribution in [0, 0.1) is 0 Å². The smallest absolute Gasteiger partial charge is 0.351 e. The fourth-order valence-corrected chi connectivity index (χ4v) is 9.98. The van der Waals surface area contributed by atoms with E-state index >= 15 is 0 Å². The van der Waals surface area contributed by atoms with E-state index in [4.69, 9.17) is 18.9 Å². The zero-order valence-corrected chi connectivity index (χ0v) is 48.7. The Labute approximate surface area is 447 Å². The van der Waals surface area contributed by atoms with E-state index in [1.54, 1.807) is 0 Å². The number of ether oxygens (including phenoxy) is 4. The fourth-order valence-electron chi connectivity index (χ4n) is 9.98. The minimum Gasteiger partial charge on any atom is -0.466 e. The van der Waals surface area contributed by atoms with Crippen LogP contribution in [0.25, 0.3) is 0 Å². The van der Waals surface area contributed by atoms with Gasteiger partial charge in [-0.1, -0.05) is 317 Å². The second-order valence-electron chi connectivity index (χ2n) is 22.1. The molecule has 8 heteroatoms. The van der Waals surface area contributed by atoms with Gasteiger partial charge in [0.15, 0.2) is 0 Å². The molecule has 0 aliphatic heterocycles. The quantitative estimate of drug-likeness (QED) is 0.0337. The molecule has 0 amide bonds. The van der Waals surface area contributed by atoms with Gasteiger partial charge in [-0.15, -0.1) is 0 Å². The number of esters is 4. The van der Waals surface area contributed by atoms with Gasteiger partial charge in [0.05, 0.1) is 32.7 Å². The molecule has 0 atom stereocenters. The first-order chi connectivity index (χ1) is 35.3. The molecule has 0 unspecified atom stereocenters. The molecule has 0 N–H and O–H groups in total. The summed E-state index contributed by atoms with van der Waals surface area (Å²) in [6.07, 6.45) is 59.4. The van der Waals surface area contributed by atoms with Crippen molar-refractivity contribution >= 4 is 23.9 Å². The molecule has 0 aliphatic rings. The van der Waals surface area contributed by atoms with Crippen molar-refractivity contribution in [3.63, 3.8) is 0 Å². The lowest BCUT2D eigenvalue weighted by Crippen LogP contribution is -2.48. The first kappa shape index (κ1) is 69.9. The molecule has 0 bridgehead atoms. The number of carbonyl (C=O) groups is 4. The van der Waals surface area contributed by atoms with Gasteiger partial charge in [-0.2, -0.15) is 0 Å². The van der Waals surface area contributed by atoms with Crippen molar-refractivity contribution in [2.24, 2.45) is 0 Å². The van der Waals surface area contributed by atoms with Crippen molar-refractivity contribution < 1.29 is 38.1 Å². The summed E-state index contributed by atoms with van der Waals surface area (Å²) in [4.78, 5) is 53.9. The average molecular weight is 1020 g/mol. The van der Waals surface area contributed by atoms with Gasteiger partial charge in [-0.05, 0) is 25.7 Å². The summed E-state index contributed by atoms with van der Waals surface area (Å²) in [6.45, 7) is 9.22. The van der Waals surface area contributed by atoms with E-state index in [0.717, 1.165) is 57.8 Å². The maximum absolute atomic E-state index is 14.0. The number of hydrogen-bond acceptors (Lipinski definition) is 8. The van der Waals surface area contributed by atoms with Gasteiger partial charge >= 0.3 is 23.9 Å². The van der Waals surface area contributed by atoms with Crippen molar-refractivity contribution in [1.82, 2.24) is 0 Å². The number of hydrogen-bond donors (Lipinski definition) is 0. The van der Waals surface area contributed by atoms with Gasteiger partial charge in [0.1, 0.15) is 0 Å². The lowest BCUT2D eigenvalue weighted by atomic mass is 9.94. The van der Waals surface area contributed by atoms with Crippen LogP contribution in [0.1, 0.15) is 362 Å². The Bertz CT molecular complexity index is 1120. The summed E-state index contributed by atoms with van der Waals surface area (Å²) in [7, 11) is 0. The summed E-state index contributed by atoms with van der Waals surface area (Å²) in [6, 6.07) is 0. The molecule has 0 aliphatic carbocycles. The van der Waals surface area contributed by atoms with Crippen LogP contribution in [-0.4, -0.2) is 49.3 Å². The molecule has 72 heavy (non-hydrogen) atoms. The number of unbranched alkanes of at least 4 members (excludes halogenated alkanes) is 45. The van der Waals surface area contributed by atoms with Crippen molar-refractivity contribution in [1.29, 1.82) is 0 Å². The van der Waals surface area contributed by atoms with E-state index in [1.165, 1.54) is 244 Å². The van der Waals surface area contributed by atoms with Gasteiger partial charge in [-0.25, -0.2) is 4.79 Å². The van der Waals surface area contributed by atoms with Gasteiger partial charge in [0.2, 0.25) is 5.60 Å². The van der Waals surface area contributed by atoms with Crippen LogP contribution >= 0.6 is 0 Å². The van der Waals surface area contributed by atoms with Crippen molar-refractivity contribution in [2.45, 2.75) is 367 Å². The number of rotatable bonds is 59. The normalized spacial score (nSPS) is 11.6. The molecule has 0 rings (SSSR count). The maximum atomic E-state index is 14.0. The van der Waals surface area contributed by atoms with Crippen LogP contribution in [-0.2, 0) is 38.1 Å². The highest BCUT2D eigenvalue weighted by Crippen LogP contribution is 2.27. The average Bonchev–Trinajstić information content (AvgIpc) is 3.36. The Balaban J connectivity index is 4.92. The fraction of sp³-hybridized carbons (Fsp3) is 0.938. The van der Waals surface area contributed by atoms with Crippen LogP contribution in [0.15, 0.2) is 0 Å². The molecule has 0 saturated carbocycles. The Morgan fingerprint density at radius 2 is 0.458 bits per heavy atom. The Hall–Kier alpha value is -2.12. The molecular weight excluding hydrogens is 897 g/mol. The monoisotopic (exact) mass is 1020 g/mol. The topological polar surface area (TPSA) is 105 Å². The van der Waals surface area contributed by atoms with Crippen LogP contribution < -0.4 is 0 Å². The third-order valence-electron chi connectivity index (χ3n) is 14.7. The molecule has 0 aromatic carbocycles. The Kier molecular flexibility index (Phi) is 54.9. The molecule has 426 valence electrons. The summed E-state index contributed by atoms with van der Waals surface area (Å²) in [5.41, 5.74) is -2.13. The van der Waals surface area contributed by atoms with E-state index in [1.807, 2.05) is 6.92 Å². The van der Waals surface area contributed by atoms with E-state index < -0.39 is 42.3 Å². The largest absolute Gasteiger partial charge is 0.466 e. The van der Waals surface area contributed by atoms with E-state index in [2.05, 4.69) is 20.8 Å². The Morgan fingerprint density at radius 1 is 0.250 bits per heavy atom. The highest BCUT2D eigenvalue weighted by molar-refractivity contribution is 5.92. The van der Waals surface area contributed by atoms with E-state index in [9.17, 15) is 19.2 Å². The molecule has 0 radical (unpaired) electrons. The second kappa shape index (κ2) is 56.6. The predicted octanol–water partition coefficient (Wildman–Crippen LogP) is 20.3. The van der Waals surface area contributed by atoms with Crippen LogP contribution in [0.2, 0.25) is 0 Å². The third kappa shape index (κ3) is 48.8. The maximum Gasteiger partial charge on any atom is 0.351 e. The highest BCUT2D eigenvalue weighted by atomic mass is 16.6. The van der Waals surface area contributed by atoms with Crippen molar-refractivity contribution in [2.75, 3.05) is 19.8 Å². The van der Waals surface area contributed by atoms with Crippen LogP contribution in [0.5, 0.6) is 0 Å². The molecule has 0 saturated heterocycles. The molecule has 0 aromatic rings. The first-order valence-electron chi connectivity index (χ1n) is 32.0. The molecule has 0 spiro atoms. The second-order valence-corrected chi connectivity index (χ2v) is 22.1. The van der Waals surface area contributed by atoms with Gasteiger partial charge in [0.25, 0.3) is 0 Å². The minimum atomic E-state index is -2.13. The minimum absolute atomic E-state index is 0.0522. The zero-order chi connectivity index (χ0) is 52.5. The van der Waals surface area contributed by atoms with Crippen LogP contribution in [0.4, 0.5) is 0 Å². The number of carbonyl (C=O) groups excluding carboxylic acids is 4. The van der Waals surface area contributed by atoms with Crippen molar-refractivity contribution in [3.8, 4) is 0 Å². The first-order valence-corrected chi connectivity index (χ1v) is 32.0. The molecule has 0 aromatic heterocycles. The van der Waals surface area contributed by atoms with Gasteiger partial charge < -0.3 is 18.9 Å². The van der Waals surface area contributed by atoms with Gasteiger partial charge in [0, 0.05) is 6.42 Å². The lowest BCUT2D eigenvalue weighted by molar-refractivity contribution is -0.191. The molecule has 0 fully saturated rings. The third-order valence-corrected chi connectivity index (χ3v) is 14.7. The zero-order valence-electron chi connectivity index (χ0n) is 48.7. The summed E-state index contributed by atoms with van der Waals surface area (Å²) < 4.78 is 22.8. The Morgan fingerprint density at radius 3 is 0.681 bits per heavy atom. The molecule has 8 nitrogen and oxygen atoms in total.